The van der Waals surface area contributed by atoms with Gasteiger partial charge in [-0.25, -0.2) is 10.1 Å². The fourth-order valence-corrected chi connectivity index (χ4v) is 4.54. The monoisotopic (exact) mass is 531 g/mol. The van der Waals surface area contributed by atoms with Crippen molar-refractivity contribution in [3.63, 3.8) is 0 Å². The lowest BCUT2D eigenvalue weighted by Crippen LogP contribution is -2.28. The van der Waals surface area contributed by atoms with Gasteiger partial charge < -0.3 is 0 Å². The second-order valence-electron chi connectivity index (χ2n) is 9.07. The second-order valence-corrected chi connectivity index (χ2v) is 9.07. The summed E-state index contributed by atoms with van der Waals surface area (Å²) in [6.45, 7) is 1.65. The van der Waals surface area contributed by atoms with Crippen LogP contribution in [-0.4, -0.2) is 26.3 Å². The molecule has 0 aliphatic heterocycles. The van der Waals surface area contributed by atoms with Gasteiger partial charge in [0.05, 0.1) is 33.5 Å². The molecule has 9 heteroatoms. The van der Waals surface area contributed by atoms with Gasteiger partial charge in [-0.3, -0.25) is 24.8 Å². The summed E-state index contributed by atoms with van der Waals surface area (Å²) in [5.41, 5.74) is 6.02. The highest BCUT2D eigenvalue weighted by Gasteiger charge is 2.24. The van der Waals surface area contributed by atoms with E-state index in [2.05, 4.69) is 15.6 Å². The van der Waals surface area contributed by atoms with Crippen LogP contribution in [0.5, 0.6) is 0 Å². The minimum atomic E-state index is -0.601. The van der Waals surface area contributed by atoms with Gasteiger partial charge in [-0.15, -0.1) is 0 Å². The van der Waals surface area contributed by atoms with E-state index < -0.39 is 16.4 Å². The number of carbonyl (C=O) groups is 1. The average molecular weight is 532 g/mol. The van der Waals surface area contributed by atoms with Gasteiger partial charge in [0.2, 0.25) is 0 Å². The molecule has 0 fully saturated rings. The van der Waals surface area contributed by atoms with Gasteiger partial charge in [-0.2, -0.15) is 5.10 Å². The van der Waals surface area contributed by atoms with Crippen LogP contribution >= 0.6 is 0 Å². The predicted molar refractivity (Wildman–Crippen MR) is 154 cm³/mol. The van der Waals surface area contributed by atoms with Crippen molar-refractivity contribution in [2.45, 2.75) is 12.8 Å². The highest BCUT2D eigenvalue weighted by molar-refractivity contribution is 6.04. The Morgan fingerprint density at radius 2 is 1.38 bits per heavy atom. The van der Waals surface area contributed by atoms with Gasteiger partial charge in [0, 0.05) is 17.7 Å². The van der Waals surface area contributed by atoms with Crippen molar-refractivity contribution in [3.05, 3.63) is 152 Å². The maximum atomic E-state index is 13.6. The maximum absolute atomic E-state index is 13.6. The zero-order valence-electron chi connectivity index (χ0n) is 21.5. The predicted octanol–water partition coefficient (Wildman–Crippen LogP) is 5.41. The van der Waals surface area contributed by atoms with Crippen LogP contribution in [-0.2, 0) is 4.79 Å². The minimum absolute atomic E-state index is 0.0845. The first-order valence-electron chi connectivity index (χ1n) is 12.5. The van der Waals surface area contributed by atoms with E-state index in [1.807, 2.05) is 91.0 Å². The van der Waals surface area contributed by atoms with Gasteiger partial charge in [0.1, 0.15) is 0 Å². The third-order valence-electron chi connectivity index (χ3n) is 6.50. The van der Waals surface area contributed by atoms with Crippen molar-refractivity contribution in [2.75, 3.05) is 0 Å². The Hall–Kier alpha value is -5.57. The fraction of sp³-hybridized carbons (Fsp3) is 0.0645. The molecule has 5 aromatic rings. The number of nitro benzene ring substituents is 1. The molecule has 9 nitrogen and oxygen atoms in total. The number of nitrogens with one attached hydrogen (secondary N) is 2. The van der Waals surface area contributed by atoms with E-state index in [9.17, 15) is 19.7 Å². The van der Waals surface area contributed by atoms with E-state index in [1.54, 1.807) is 6.92 Å². The number of rotatable bonds is 8. The molecule has 1 heterocycles. The number of carbonyl (C=O) groups excluding carboxylic acids is 1. The zero-order valence-corrected chi connectivity index (χ0v) is 21.5. The van der Waals surface area contributed by atoms with Gasteiger partial charge in [0.25, 0.3) is 17.2 Å². The SMILES string of the molecule is CC(=NNC(=O)C(c1ccccc1)c1ccccc1)c1c(-c2ccccc2)[nH]n(-c2ccc([N+](=O)[O-])cc2)c1=O. The van der Waals surface area contributed by atoms with Gasteiger partial charge in [0.15, 0.2) is 0 Å². The summed E-state index contributed by atoms with van der Waals surface area (Å²) in [6, 6.07) is 33.7. The summed E-state index contributed by atoms with van der Waals surface area (Å²) in [5, 5.41) is 18.6. The quantitative estimate of drug-likeness (QED) is 0.158. The Bertz CT molecular complexity index is 1690. The minimum Gasteiger partial charge on any atom is -0.290 e. The van der Waals surface area contributed by atoms with Crippen LogP contribution in [0.3, 0.4) is 0 Å². The summed E-state index contributed by atoms with van der Waals surface area (Å²) >= 11 is 0. The van der Waals surface area contributed by atoms with Crippen molar-refractivity contribution in [2.24, 2.45) is 5.10 Å². The van der Waals surface area contributed by atoms with Crippen molar-refractivity contribution in [3.8, 4) is 16.9 Å². The van der Waals surface area contributed by atoms with Crippen LogP contribution < -0.4 is 11.0 Å². The third-order valence-corrected chi connectivity index (χ3v) is 6.50. The summed E-state index contributed by atoms with van der Waals surface area (Å²) in [4.78, 5) is 37.7. The van der Waals surface area contributed by atoms with E-state index in [4.69, 9.17) is 0 Å². The summed E-state index contributed by atoms with van der Waals surface area (Å²) in [5.74, 6) is -0.945. The van der Waals surface area contributed by atoms with Gasteiger partial charge >= 0.3 is 0 Å². The molecule has 0 unspecified atom stereocenters. The lowest BCUT2D eigenvalue weighted by atomic mass is 9.91. The summed E-state index contributed by atoms with van der Waals surface area (Å²) < 4.78 is 1.30. The number of aromatic nitrogens is 2. The molecule has 0 aliphatic carbocycles. The highest BCUT2D eigenvalue weighted by atomic mass is 16.6. The van der Waals surface area contributed by atoms with Crippen molar-refractivity contribution < 1.29 is 9.72 Å². The van der Waals surface area contributed by atoms with Crippen LogP contribution in [0.2, 0.25) is 0 Å². The molecule has 0 saturated heterocycles. The van der Waals surface area contributed by atoms with Gasteiger partial charge in [-0.05, 0) is 30.2 Å². The number of H-pyrrole nitrogens is 1. The summed E-state index contributed by atoms with van der Waals surface area (Å²) in [6.07, 6.45) is 0. The standard InChI is InChI=1S/C31H25N5O4/c1-21(32-33-30(37)28(22-11-5-2-6-12-22)23-13-7-3-8-14-23)27-29(24-15-9-4-10-16-24)34-35(31(27)38)25-17-19-26(20-18-25)36(39)40/h2-20,28,34H,1H3,(H,33,37). The Morgan fingerprint density at radius 1 is 0.850 bits per heavy atom. The van der Waals surface area contributed by atoms with E-state index >= 15 is 0 Å². The molecule has 0 spiro atoms. The molecule has 0 aliphatic rings. The molecule has 5 rings (SSSR count). The Balaban J connectivity index is 1.53. The van der Waals surface area contributed by atoms with Crippen LogP contribution in [0.1, 0.15) is 29.5 Å². The number of nitro groups is 1. The number of benzene rings is 4. The van der Waals surface area contributed by atoms with Crippen LogP contribution in [0.25, 0.3) is 16.9 Å². The third kappa shape index (κ3) is 5.34. The fourth-order valence-electron chi connectivity index (χ4n) is 4.54. The van der Waals surface area contributed by atoms with Crippen molar-refractivity contribution in [1.82, 2.24) is 15.2 Å². The first-order valence-corrected chi connectivity index (χ1v) is 12.5. The molecule has 40 heavy (non-hydrogen) atoms. The molecule has 2 N–H and O–H groups in total. The first kappa shape index (κ1) is 26.1. The zero-order chi connectivity index (χ0) is 28.1. The lowest BCUT2D eigenvalue weighted by molar-refractivity contribution is -0.384. The number of amides is 1. The molecule has 198 valence electrons. The van der Waals surface area contributed by atoms with E-state index in [0.29, 0.717) is 17.1 Å². The maximum Gasteiger partial charge on any atom is 0.281 e. The molecule has 4 aromatic carbocycles. The van der Waals surface area contributed by atoms with E-state index in [0.717, 1.165) is 16.7 Å². The molecule has 0 atom stereocenters. The Morgan fingerprint density at radius 3 is 1.90 bits per heavy atom. The van der Waals surface area contributed by atoms with Crippen molar-refractivity contribution >= 4 is 17.3 Å². The molecular weight excluding hydrogens is 506 g/mol. The number of hydrogen-bond acceptors (Lipinski definition) is 5. The van der Waals surface area contributed by atoms with E-state index in [-0.39, 0.29) is 17.2 Å². The van der Waals surface area contributed by atoms with Crippen molar-refractivity contribution in [1.29, 1.82) is 0 Å². The van der Waals surface area contributed by atoms with Gasteiger partial charge in [-0.1, -0.05) is 91.0 Å². The number of hydrogen-bond donors (Lipinski definition) is 2. The van der Waals surface area contributed by atoms with Crippen LogP contribution in [0.4, 0.5) is 5.69 Å². The topological polar surface area (TPSA) is 122 Å². The van der Waals surface area contributed by atoms with Crippen LogP contribution in [0, 0.1) is 10.1 Å². The van der Waals surface area contributed by atoms with E-state index in [1.165, 1.54) is 28.9 Å². The second kappa shape index (κ2) is 11.4. The molecule has 1 amide bonds. The average Bonchev–Trinajstić information content (AvgIpc) is 3.34. The lowest BCUT2D eigenvalue weighted by Gasteiger charge is -2.16. The normalized spacial score (nSPS) is 11.4. The number of hydrazone groups is 1. The number of nitrogens with zero attached hydrogens (tertiary/aromatic N) is 3. The molecule has 1 aromatic heterocycles. The smallest absolute Gasteiger partial charge is 0.281 e. The largest absolute Gasteiger partial charge is 0.290 e. The Kier molecular flexibility index (Phi) is 7.45. The molecule has 0 radical (unpaired) electrons. The number of non-ortho nitro benzene ring substituents is 1. The first-order chi connectivity index (χ1) is 19.4. The summed E-state index contributed by atoms with van der Waals surface area (Å²) in [7, 11) is 0. The highest BCUT2D eigenvalue weighted by Crippen LogP contribution is 2.25. The molecule has 0 bridgehead atoms. The molecular formula is C31H25N5O4. The van der Waals surface area contributed by atoms with Crippen LogP contribution in [0.15, 0.2) is 125 Å². The number of aromatic amines is 1. The Labute approximate surface area is 229 Å². The molecule has 0 saturated carbocycles.